The predicted octanol–water partition coefficient (Wildman–Crippen LogP) is 2.65. The first-order valence-electron chi connectivity index (χ1n) is 8.69. The maximum atomic E-state index is 13.2. The van der Waals surface area contributed by atoms with Gasteiger partial charge in [0.15, 0.2) is 0 Å². The highest BCUT2D eigenvalue weighted by Crippen LogP contribution is 2.27. The summed E-state index contributed by atoms with van der Waals surface area (Å²) in [5.41, 5.74) is 2.29. The number of nitrogens with zero attached hydrogens (tertiary/aromatic N) is 1. The van der Waals surface area contributed by atoms with Crippen LogP contribution in [0.5, 0.6) is 0 Å². The molecule has 0 saturated heterocycles. The van der Waals surface area contributed by atoms with Gasteiger partial charge in [-0.25, -0.2) is 8.42 Å². The van der Waals surface area contributed by atoms with Crippen molar-refractivity contribution in [1.82, 2.24) is 5.32 Å². The molecule has 0 aliphatic heterocycles. The van der Waals surface area contributed by atoms with E-state index in [0.29, 0.717) is 12.3 Å². The Labute approximate surface area is 161 Å². The Morgan fingerprint density at radius 1 is 1.15 bits per heavy atom. The van der Waals surface area contributed by atoms with E-state index in [1.54, 1.807) is 38.3 Å². The van der Waals surface area contributed by atoms with Crippen LogP contribution in [0.15, 0.2) is 53.4 Å². The van der Waals surface area contributed by atoms with Crippen LogP contribution in [0.2, 0.25) is 0 Å². The lowest BCUT2D eigenvalue weighted by molar-refractivity contribution is -0.120. The molecule has 0 unspecified atom stereocenters. The molecule has 0 bridgehead atoms. The van der Waals surface area contributed by atoms with Crippen molar-refractivity contribution in [2.45, 2.75) is 31.7 Å². The summed E-state index contributed by atoms with van der Waals surface area (Å²) < 4.78 is 32.7. The van der Waals surface area contributed by atoms with Gasteiger partial charge in [0.2, 0.25) is 5.91 Å². The van der Waals surface area contributed by atoms with E-state index in [0.717, 1.165) is 15.4 Å². The number of rotatable bonds is 8. The Bertz CT molecular complexity index is 882. The van der Waals surface area contributed by atoms with Crippen molar-refractivity contribution in [3.05, 3.63) is 59.7 Å². The minimum atomic E-state index is -3.89. The number of methoxy groups -OCH3 is 1. The van der Waals surface area contributed by atoms with Gasteiger partial charge >= 0.3 is 0 Å². The topological polar surface area (TPSA) is 75.7 Å². The highest BCUT2D eigenvalue weighted by Gasteiger charge is 2.28. The maximum absolute atomic E-state index is 13.2. The number of benzene rings is 2. The number of carbonyl (C=O) groups is 1. The molecule has 2 rings (SSSR count). The molecule has 27 heavy (non-hydrogen) atoms. The molecule has 0 aromatic heterocycles. The molecule has 1 atom stereocenters. The zero-order valence-electron chi connectivity index (χ0n) is 16.1. The minimum Gasteiger partial charge on any atom is -0.383 e. The average Bonchev–Trinajstić information content (AvgIpc) is 2.61. The molecule has 0 heterocycles. The van der Waals surface area contributed by atoms with E-state index in [1.165, 1.54) is 12.1 Å². The number of carbonyl (C=O) groups excluding carboxylic acids is 1. The van der Waals surface area contributed by atoms with Crippen LogP contribution in [-0.2, 0) is 19.6 Å². The van der Waals surface area contributed by atoms with Gasteiger partial charge in [0.05, 0.1) is 17.2 Å². The molecule has 1 amide bonds. The lowest BCUT2D eigenvalue weighted by Crippen LogP contribution is -2.45. The van der Waals surface area contributed by atoms with Crippen LogP contribution in [-0.4, -0.2) is 40.6 Å². The van der Waals surface area contributed by atoms with Crippen molar-refractivity contribution in [2.75, 3.05) is 24.6 Å². The van der Waals surface area contributed by atoms with Crippen LogP contribution in [0.25, 0.3) is 0 Å². The fourth-order valence-corrected chi connectivity index (χ4v) is 4.35. The van der Waals surface area contributed by atoms with Crippen LogP contribution in [0.1, 0.15) is 18.1 Å². The number of aryl methyl sites for hydroxylation is 2. The van der Waals surface area contributed by atoms with Crippen molar-refractivity contribution in [3.8, 4) is 0 Å². The number of ether oxygens (including phenoxy) is 1. The molecule has 0 spiro atoms. The van der Waals surface area contributed by atoms with Crippen LogP contribution in [0, 0.1) is 13.8 Å². The number of anilines is 1. The molecule has 0 aliphatic rings. The average molecular weight is 391 g/mol. The summed E-state index contributed by atoms with van der Waals surface area (Å²) in [5, 5.41) is 2.77. The highest BCUT2D eigenvalue weighted by atomic mass is 32.2. The summed E-state index contributed by atoms with van der Waals surface area (Å²) in [7, 11) is -2.35. The number of sulfonamides is 1. The van der Waals surface area contributed by atoms with Crippen LogP contribution >= 0.6 is 0 Å². The van der Waals surface area contributed by atoms with Gasteiger partial charge in [-0.05, 0) is 44.5 Å². The predicted molar refractivity (Wildman–Crippen MR) is 106 cm³/mol. The van der Waals surface area contributed by atoms with E-state index >= 15 is 0 Å². The van der Waals surface area contributed by atoms with Gasteiger partial charge in [0.1, 0.15) is 6.54 Å². The van der Waals surface area contributed by atoms with Crippen LogP contribution < -0.4 is 9.62 Å². The van der Waals surface area contributed by atoms with Crippen LogP contribution in [0.4, 0.5) is 5.69 Å². The molecule has 0 fully saturated rings. The zero-order chi connectivity index (χ0) is 20.0. The number of amides is 1. The molecule has 2 aromatic rings. The summed E-state index contributed by atoms with van der Waals surface area (Å²) in [6.45, 7) is 5.61. The first-order chi connectivity index (χ1) is 12.8. The fourth-order valence-electron chi connectivity index (χ4n) is 2.85. The molecular formula is C20H26N2O4S. The molecule has 7 heteroatoms. The van der Waals surface area contributed by atoms with E-state index in [1.807, 2.05) is 26.0 Å². The summed E-state index contributed by atoms with van der Waals surface area (Å²) in [6.07, 6.45) is 0. The Balaban J connectivity index is 2.42. The van der Waals surface area contributed by atoms with E-state index < -0.39 is 10.0 Å². The molecule has 146 valence electrons. The van der Waals surface area contributed by atoms with Crippen molar-refractivity contribution in [2.24, 2.45) is 0 Å². The summed E-state index contributed by atoms with van der Waals surface area (Å²) in [6, 6.07) is 13.4. The van der Waals surface area contributed by atoms with E-state index in [9.17, 15) is 13.2 Å². The molecule has 0 radical (unpaired) electrons. The second-order valence-corrected chi connectivity index (χ2v) is 8.40. The lowest BCUT2D eigenvalue weighted by atomic mass is 10.1. The maximum Gasteiger partial charge on any atom is 0.264 e. The largest absolute Gasteiger partial charge is 0.383 e. The normalized spacial score (nSPS) is 12.4. The number of nitrogens with one attached hydrogen (secondary N) is 1. The lowest BCUT2D eigenvalue weighted by Gasteiger charge is -2.26. The second kappa shape index (κ2) is 9.01. The first-order valence-corrected chi connectivity index (χ1v) is 10.1. The summed E-state index contributed by atoms with van der Waals surface area (Å²) >= 11 is 0. The standard InChI is InChI=1S/C20H26N2O4S/c1-15-10-11-19(16(2)12-15)22(13-20(23)21-17(3)14-26-4)27(24,25)18-8-6-5-7-9-18/h5-12,17H,13-14H2,1-4H3,(H,21,23)/t17-/m1/s1. The van der Waals surface area contributed by atoms with Gasteiger partial charge < -0.3 is 10.1 Å². The third kappa shape index (κ3) is 5.30. The third-order valence-electron chi connectivity index (χ3n) is 4.06. The molecular weight excluding hydrogens is 364 g/mol. The Morgan fingerprint density at radius 3 is 2.41 bits per heavy atom. The van der Waals surface area contributed by atoms with Crippen molar-refractivity contribution in [1.29, 1.82) is 0 Å². The van der Waals surface area contributed by atoms with Gasteiger partial charge in [-0.15, -0.1) is 0 Å². The third-order valence-corrected chi connectivity index (χ3v) is 5.84. The summed E-state index contributed by atoms with van der Waals surface area (Å²) in [4.78, 5) is 12.6. The van der Waals surface area contributed by atoms with Crippen molar-refractivity contribution in [3.63, 3.8) is 0 Å². The van der Waals surface area contributed by atoms with Crippen molar-refractivity contribution < 1.29 is 17.9 Å². The minimum absolute atomic E-state index is 0.141. The Hall–Kier alpha value is -2.38. The van der Waals surface area contributed by atoms with Gasteiger partial charge in [0.25, 0.3) is 10.0 Å². The van der Waals surface area contributed by atoms with Gasteiger partial charge in [-0.2, -0.15) is 0 Å². The van der Waals surface area contributed by atoms with Crippen LogP contribution in [0.3, 0.4) is 0 Å². The first kappa shape index (κ1) is 20.9. The zero-order valence-corrected chi connectivity index (χ0v) is 16.9. The summed E-state index contributed by atoms with van der Waals surface area (Å²) in [5.74, 6) is -0.390. The van der Waals surface area contributed by atoms with E-state index in [2.05, 4.69) is 5.32 Å². The highest BCUT2D eigenvalue weighted by molar-refractivity contribution is 7.92. The quantitative estimate of drug-likeness (QED) is 0.752. The van der Waals surface area contributed by atoms with E-state index in [4.69, 9.17) is 4.74 Å². The van der Waals surface area contributed by atoms with Gasteiger partial charge in [-0.3, -0.25) is 9.10 Å². The Morgan fingerprint density at radius 2 is 1.81 bits per heavy atom. The second-order valence-electron chi connectivity index (χ2n) is 6.54. The number of hydrogen-bond acceptors (Lipinski definition) is 4. The fraction of sp³-hybridized carbons (Fsp3) is 0.350. The van der Waals surface area contributed by atoms with Crippen molar-refractivity contribution >= 4 is 21.6 Å². The van der Waals surface area contributed by atoms with Gasteiger partial charge in [0, 0.05) is 13.2 Å². The molecule has 0 aliphatic carbocycles. The molecule has 2 aromatic carbocycles. The monoisotopic (exact) mass is 390 g/mol. The SMILES string of the molecule is COC[C@@H](C)NC(=O)CN(c1ccc(C)cc1C)S(=O)(=O)c1ccccc1. The van der Waals surface area contributed by atoms with E-state index in [-0.39, 0.29) is 23.4 Å². The molecule has 0 saturated carbocycles. The number of hydrogen-bond donors (Lipinski definition) is 1. The van der Waals surface area contributed by atoms with Gasteiger partial charge in [-0.1, -0.05) is 35.9 Å². The molecule has 6 nitrogen and oxygen atoms in total. The Kier molecular flexibility index (Phi) is 6.98. The smallest absolute Gasteiger partial charge is 0.264 e. The molecule has 1 N–H and O–H groups in total.